The van der Waals surface area contributed by atoms with Crippen LogP contribution in [0.15, 0.2) is 72.8 Å². The Morgan fingerprint density at radius 1 is 0.742 bits per heavy atom. The number of hydrogen-bond donors (Lipinski definition) is 0. The van der Waals surface area contributed by atoms with E-state index in [-0.39, 0.29) is 5.91 Å². The van der Waals surface area contributed by atoms with E-state index in [0.717, 1.165) is 4.90 Å². The Balaban J connectivity index is 1.61. The van der Waals surface area contributed by atoms with Crippen molar-refractivity contribution in [3.8, 4) is 0 Å². The largest absolute Gasteiger partial charge is 0.273 e. The molecule has 2 aliphatic heterocycles. The molecule has 0 saturated carbocycles. The third-order valence-electron chi connectivity index (χ3n) is 5.49. The molecule has 0 spiro atoms. The minimum Gasteiger partial charge on any atom is -0.273 e. The number of para-hydroxylation sites is 1. The van der Waals surface area contributed by atoms with Gasteiger partial charge in [0.15, 0.2) is 6.10 Å². The van der Waals surface area contributed by atoms with Gasteiger partial charge in [-0.25, -0.2) is 9.96 Å². The van der Waals surface area contributed by atoms with Crippen molar-refractivity contribution in [2.24, 2.45) is 5.92 Å². The Bertz CT molecular complexity index is 1170. The maximum atomic E-state index is 13.5. The smallest absolute Gasteiger partial charge is 0.266 e. The Morgan fingerprint density at radius 2 is 1.42 bits per heavy atom. The maximum Gasteiger partial charge on any atom is 0.266 e. The zero-order valence-corrected chi connectivity index (χ0v) is 18.2. The van der Waals surface area contributed by atoms with Crippen LogP contribution in [0.1, 0.15) is 11.6 Å². The lowest BCUT2D eigenvalue weighted by Crippen LogP contribution is -2.37. The van der Waals surface area contributed by atoms with Crippen LogP contribution < -0.4 is 9.96 Å². The minimum absolute atomic E-state index is 0.355. The van der Waals surface area contributed by atoms with Crippen molar-refractivity contribution in [3.63, 3.8) is 0 Å². The molecule has 2 fully saturated rings. The third-order valence-corrected chi connectivity index (χ3v) is 6.31. The summed E-state index contributed by atoms with van der Waals surface area (Å²) in [6.07, 6.45) is -0.972. The highest BCUT2D eigenvalue weighted by atomic mass is 35.5. The fourth-order valence-corrected chi connectivity index (χ4v) is 4.76. The van der Waals surface area contributed by atoms with Gasteiger partial charge < -0.3 is 0 Å². The van der Waals surface area contributed by atoms with Gasteiger partial charge in [-0.3, -0.25) is 14.4 Å². The summed E-state index contributed by atoms with van der Waals surface area (Å²) in [5, 5.41) is 2.99. The molecule has 3 atom stereocenters. The van der Waals surface area contributed by atoms with Crippen molar-refractivity contribution in [1.29, 1.82) is 0 Å². The summed E-state index contributed by atoms with van der Waals surface area (Å²) in [6, 6.07) is 20.3. The summed E-state index contributed by atoms with van der Waals surface area (Å²) in [6.45, 7) is 0. The van der Waals surface area contributed by atoms with E-state index in [1.54, 1.807) is 47.5 Å². The first kappa shape index (κ1) is 20.3. The highest BCUT2D eigenvalue weighted by Gasteiger charge is 2.60. The van der Waals surface area contributed by atoms with Crippen molar-refractivity contribution >= 4 is 58.0 Å². The predicted molar refractivity (Wildman–Crippen MR) is 120 cm³/mol. The van der Waals surface area contributed by atoms with E-state index in [0.29, 0.717) is 32.0 Å². The number of halogens is 3. The highest BCUT2D eigenvalue weighted by molar-refractivity contribution is 6.35. The predicted octanol–water partition coefficient (Wildman–Crippen LogP) is 5.70. The van der Waals surface area contributed by atoms with Gasteiger partial charge in [0.2, 0.25) is 5.91 Å². The van der Waals surface area contributed by atoms with Crippen LogP contribution in [0.3, 0.4) is 0 Å². The SMILES string of the molecule is O=C1[C@@H]2[C@@H](ON(c3ccccc3)[C@H]2c2ccc(Cl)cc2Cl)C(=O)N1c1ccc(Cl)cc1. The molecule has 3 aromatic rings. The number of amides is 2. The van der Waals surface area contributed by atoms with E-state index in [9.17, 15) is 9.59 Å². The van der Waals surface area contributed by atoms with Crippen LogP contribution in [0.5, 0.6) is 0 Å². The summed E-state index contributed by atoms with van der Waals surface area (Å²) in [5.74, 6) is -1.56. The Kier molecular flexibility index (Phi) is 5.15. The minimum atomic E-state index is -0.972. The molecular weight excluding hydrogens is 459 g/mol. The van der Waals surface area contributed by atoms with E-state index in [2.05, 4.69) is 0 Å². The van der Waals surface area contributed by atoms with Crippen LogP contribution in [-0.2, 0) is 14.4 Å². The number of carbonyl (C=O) groups excluding carboxylic acids is 2. The summed E-state index contributed by atoms with van der Waals surface area (Å²) >= 11 is 18.6. The normalized spacial score (nSPS) is 22.9. The van der Waals surface area contributed by atoms with E-state index in [1.807, 2.05) is 30.3 Å². The van der Waals surface area contributed by atoms with Crippen LogP contribution in [0, 0.1) is 5.92 Å². The van der Waals surface area contributed by atoms with E-state index < -0.39 is 24.0 Å². The fraction of sp³-hybridized carbons (Fsp3) is 0.130. The van der Waals surface area contributed by atoms with E-state index in [1.165, 1.54) is 0 Å². The van der Waals surface area contributed by atoms with Crippen molar-refractivity contribution in [2.75, 3.05) is 9.96 Å². The Morgan fingerprint density at radius 3 is 2.10 bits per heavy atom. The molecule has 2 amide bonds. The van der Waals surface area contributed by atoms with Gasteiger partial charge in [-0.1, -0.05) is 59.1 Å². The summed E-state index contributed by atoms with van der Waals surface area (Å²) < 4.78 is 0. The first-order valence-electron chi connectivity index (χ1n) is 9.55. The lowest BCUT2D eigenvalue weighted by molar-refractivity contribution is -0.126. The third kappa shape index (κ3) is 3.38. The van der Waals surface area contributed by atoms with Crippen LogP contribution >= 0.6 is 34.8 Å². The molecule has 0 N–H and O–H groups in total. The molecule has 0 radical (unpaired) electrons. The number of nitrogens with zero attached hydrogens (tertiary/aromatic N) is 2. The van der Waals surface area contributed by atoms with Crippen molar-refractivity contribution in [2.45, 2.75) is 12.1 Å². The van der Waals surface area contributed by atoms with E-state index in [4.69, 9.17) is 39.6 Å². The average Bonchev–Trinajstić information content (AvgIpc) is 3.26. The zero-order chi connectivity index (χ0) is 21.7. The number of anilines is 2. The molecule has 2 saturated heterocycles. The average molecular weight is 474 g/mol. The molecule has 0 unspecified atom stereocenters. The second-order valence-corrected chi connectivity index (χ2v) is 8.59. The summed E-state index contributed by atoms with van der Waals surface area (Å²) in [4.78, 5) is 34.0. The van der Waals surface area contributed by atoms with Crippen LogP contribution in [0.25, 0.3) is 0 Å². The first-order valence-corrected chi connectivity index (χ1v) is 10.7. The fourth-order valence-electron chi connectivity index (χ4n) is 4.12. The van der Waals surface area contributed by atoms with Gasteiger partial charge in [0.05, 0.1) is 17.4 Å². The molecular formula is C23H15Cl3N2O3. The number of benzene rings is 3. The first-order chi connectivity index (χ1) is 15.0. The highest BCUT2D eigenvalue weighted by Crippen LogP contribution is 2.49. The van der Waals surface area contributed by atoms with Crippen LogP contribution in [0.4, 0.5) is 11.4 Å². The summed E-state index contributed by atoms with van der Waals surface area (Å²) in [7, 11) is 0. The second kappa shape index (κ2) is 7.84. The van der Waals surface area contributed by atoms with Gasteiger partial charge >= 0.3 is 0 Å². The van der Waals surface area contributed by atoms with Crippen LogP contribution in [-0.4, -0.2) is 17.9 Å². The lowest BCUT2D eigenvalue weighted by Gasteiger charge is -2.29. The second-order valence-electron chi connectivity index (χ2n) is 7.31. The number of hydroxylamine groups is 1. The van der Waals surface area contributed by atoms with Crippen molar-refractivity contribution < 1.29 is 14.4 Å². The van der Waals surface area contributed by atoms with Gasteiger partial charge in [-0.15, -0.1) is 0 Å². The number of rotatable bonds is 3. The molecule has 3 aromatic carbocycles. The molecule has 0 aliphatic carbocycles. The molecule has 156 valence electrons. The van der Waals surface area contributed by atoms with E-state index >= 15 is 0 Å². The van der Waals surface area contributed by atoms with Crippen molar-refractivity contribution in [3.05, 3.63) is 93.4 Å². The Labute approximate surface area is 193 Å². The number of carbonyl (C=O) groups is 2. The number of hydrogen-bond acceptors (Lipinski definition) is 4. The van der Waals surface area contributed by atoms with Gasteiger partial charge in [0, 0.05) is 15.1 Å². The van der Waals surface area contributed by atoms with Crippen molar-refractivity contribution in [1.82, 2.24) is 0 Å². The van der Waals surface area contributed by atoms with Gasteiger partial charge in [-0.05, 0) is 54.1 Å². The molecule has 5 nitrogen and oxygen atoms in total. The molecule has 2 heterocycles. The molecule has 5 rings (SSSR count). The lowest BCUT2D eigenvalue weighted by atomic mass is 9.90. The van der Waals surface area contributed by atoms with Gasteiger partial charge in [0.25, 0.3) is 5.91 Å². The molecule has 8 heteroatoms. The van der Waals surface area contributed by atoms with Gasteiger partial charge in [0.1, 0.15) is 5.92 Å². The molecule has 0 bridgehead atoms. The molecule has 31 heavy (non-hydrogen) atoms. The number of fused-ring (bicyclic) bond motifs is 1. The maximum absolute atomic E-state index is 13.5. The number of imide groups is 1. The zero-order valence-electron chi connectivity index (χ0n) is 15.9. The monoisotopic (exact) mass is 472 g/mol. The van der Waals surface area contributed by atoms with Gasteiger partial charge in [-0.2, -0.15) is 0 Å². The van der Waals surface area contributed by atoms with Crippen LogP contribution in [0.2, 0.25) is 15.1 Å². The Hall–Kier alpha value is -2.57. The molecule has 2 aliphatic rings. The standard InChI is InChI=1S/C23H15Cl3N2O3/c24-13-6-9-15(10-7-13)27-22(29)19-20(17-11-8-14(25)12-18(17)26)28(31-21(19)23(27)30)16-4-2-1-3-5-16/h1-12,19-21H/t19-,20-,21+/m0/s1. The quantitative estimate of drug-likeness (QED) is 0.458. The molecule has 0 aromatic heterocycles. The summed E-state index contributed by atoms with van der Waals surface area (Å²) in [5.41, 5.74) is 1.82. The topological polar surface area (TPSA) is 49.9 Å².